The van der Waals surface area contributed by atoms with Crippen molar-refractivity contribution in [2.45, 2.75) is 0 Å². The molecule has 0 unspecified atom stereocenters. The number of rotatable bonds is 8. The summed E-state index contributed by atoms with van der Waals surface area (Å²) >= 11 is 0. The van der Waals surface area contributed by atoms with Gasteiger partial charge in [-0.05, 0) is 12.1 Å². The molecule has 0 bridgehead atoms. The molecule has 1 N–H and O–H groups in total. The Balaban J connectivity index is 2.52. The maximum Gasteiger partial charge on any atom is 0.129 e. The number of hydrogen-bond donors (Lipinski definition) is 1. The normalized spacial score (nSPS) is 10.8. The smallest absolute Gasteiger partial charge is 0.129 e. The van der Waals surface area contributed by atoms with Crippen molar-refractivity contribution in [3.05, 3.63) is 29.8 Å². The van der Waals surface area contributed by atoms with E-state index in [0.29, 0.717) is 0 Å². The van der Waals surface area contributed by atoms with Gasteiger partial charge in [0, 0.05) is 31.8 Å². The fourth-order valence-electron chi connectivity index (χ4n) is 1.50. The summed E-state index contributed by atoms with van der Waals surface area (Å²) in [6.45, 7) is 2.37. The maximum absolute atomic E-state index is 5.31. The molecule has 0 aliphatic heterocycles. The number of hydrogen-bond acceptors (Lipinski definition) is 4. The molecule has 0 saturated carbocycles. The summed E-state index contributed by atoms with van der Waals surface area (Å²) < 4.78 is 15.4. The van der Waals surface area contributed by atoms with Crippen LogP contribution in [0.15, 0.2) is 24.3 Å². The highest BCUT2D eigenvalue weighted by Crippen LogP contribution is 2.25. The molecule has 0 aliphatic rings. The average molecular weight is 251 g/mol. The van der Waals surface area contributed by atoms with Crippen LogP contribution in [0.2, 0.25) is 0 Å². The van der Waals surface area contributed by atoms with E-state index >= 15 is 0 Å². The van der Waals surface area contributed by atoms with E-state index in [1.807, 2.05) is 24.3 Å². The van der Waals surface area contributed by atoms with Gasteiger partial charge in [0.05, 0.1) is 20.8 Å². The summed E-state index contributed by atoms with van der Waals surface area (Å²) in [5, 5.41) is 3.24. The van der Waals surface area contributed by atoms with Gasteiger partial charge in [-0.3, -0.25) is 0 Å². The van der Waals surface area contributed by atoms with Crippen molar-refractivity contribution in [1.82, 2.24) is 5.32 Å². The molecule has 1 rings (SSSR count). The third kappa shape index (κ3) is 4.77. The lowest BCUT2D eigenvalue weighted by molar-refractivity contribution is 0.200. The topological polar surface area (TPSA) is 39.7 Å². The minimum absolute atomic E-state index is 0.722. The van der Waals surface area contributed by atoms with Gasteiger partial charge in [-0.25, -0.2) is 0 Å². The number of benzene rings is 1. The van der Waals surface area contributed by atoms with Crippen molar-refractivity contribution < 1.29 is 14.2 Å². The minimum atomic E-state index is 0.722. The lowest BCUT2D eigenvalue weighted by atomic mass is 10.1. The van der Waals surface area contributed by atoms with Crippen LogP contribution in [0, 0.1) is 0 Å². The van der Waals surface area contributed by atoms with E-state index in [-0.39, 0.29) is 0 Å². The molecule has 0 fully saturated rings. The van der Waals surface area contributed by atoms with Gasteiger partial charge in [0.25, 0.3) is 0 Å². The summed E-state index contributed by atoms with van der Waals surface area (Å²) in [7, 11) is 4.99. The highest BCUT2D eigenvalue weighted by Gasteiger charge is 2.01. The Morgan fingerprint density at radius 3 is 2.67 bits per heavy atom. The molecule has 0 spiro atoms. The zero-order chi connectivity index (χ0) is 13.2. The standard InChI is InChI=1S/C14H21NO3/c1-16-10-9-15-8-4-5-12-6-7-13(17-2)11-14(12)18-3/h4-7,11,15H,8-10H2,1-3H3. The maximum atomic E-state index is 5.31. The highest BCUT2D eigenvalue weighted by molar-refractivity contribution is 5.59. The van der Waals surface area contributed by atoms with Crippen LogP contribution in [-0.2, 0) is 4.74 Å². The third-order valence-electron chi connectivity index (χ3n) is 2.48. The van der Waals surface area contributed by atoms with Crippen molar-refractivity contribution >= 4 is 6.08 Å². The van der Waals surface area contributed by atoms with Gasteiger partial charge in [-0.2, -0.15) is 0 Å². The molecule has 4 nitrogen and oxygen atoms in total. The van der Waals surface area contributed by atoms with E-state index < -0.39 is 0 Å². The average Bonchev–Trinajstić information content (AvgIpc) is 2.42. The van der Waals surface area contributed by atoms with E-state index in [1.165, 1.54) is 0 Å². The van der Waals surface area contributed by atoms with Crippen LogP contribution in [-0.4, -0.2) is 41.0 Å². The Kier molecular flexibility index (Phi) is 6.91. The van der Waals surface area contributed by atoms with Crippen LogP contribution in [0.4, 0.5) is 0 Å². The first-order chi connectivity index (χ1) is 8.81. The number of nitrogens with one attached hydrogen (secondary N) is 1. The Bertz CT molecular complexity index is 377. The molecule has 1 aromatic carbocycles. The van der Waals surface area contributed by atoms with Gasteiger partial charge in [0.2, 0.25) is 0 Å². The van der Waals surface area contributed by atoms with Crippen molar-refractivity contribution in [2.24, 2.45) is 0 Å². The summed E-state index contributed by atoms with van der Waals surface area (Å²) in [5.74, 6) is 1.60. The van der Waals surface area contributed by atoms with Gasteiger partial charge in [0.1, 0.15) is 11.5 Å². The lowest BCUT2D eigenvalue weighted by Gasteiger charge is -2.07. The Hall–Kier alpha value is -1.52. The fraction of sp³-hybridized carbons (Fsp3) is 0.429. The second-order valence-electron chi connectivity index (χ2n) is 3.71. The summed E-state index contributed by atoms with van der Waals surface area (Å²) in [4.78, 5) is 0. The Labute approximate surface area is 109 Å². The molecule has 100 valence electrons. The van der Waals surface area contributed by atoms with Crippen LogP contribution in [0.3, 0.4) is 0 Å². The molecule has 4 heteroatoms. The SMILES string of the molecule is COCCNCC=Cc1ccc(OC)cc1OC. The predicted octanol–water partition coefficient (Wildman–Crippen LogP) is 1.95. The third-order valence-corrected chi connectivity index (χ3v) is 2.48. The number of ether oxygens (including phenoxy) is 3. The summed E-state index contributed by atoms with van der Waals surface area (Å²) in [5.41, 5.74) is 1.03. The minimum Gasteiger partial charge on any atom is -0.497 e. The summed E-state index contributed by atoms with van der Waals surface area (Å²) in [6, 6.07) is 5.77. The molecule has 0 aliphatic carbocycles. The van der Waals surface area contributed by atoms with Crippen molar-refractivity contribution in [1.29, 1.82) is 0 Å². The molecule has 18 heavy (non-hydrogen) atoms. The van der Waals surface area contributed by atoms with Gasteiger partial charge in [0.15, 0.2) is 0 Å². The van der Waals surface area contributed by atoms with E-state index in [2.05, 4.69) is 11.4 Å². The van der Waals surface area contributed by atoms with Crippen molar-refractivity contribution in [3.8, 4) is 11.5 Å². The lowest BCUT2D eigenvalue weighted by Crippen LogP contribution is -2.18. The number of methoxy groups -OCH3 is 3. The first-order valence-corrected chi connectivity index (χ1v) is 5.90. The monoisotopic (exact) mass is 251 g/mol. The molecule has 0 atom stereocenters. The van der Waals surface area contributed by atoms with Crippen LogP contribution < -0.4 is 14.8 Å². The van der Waals surface area contributed by atoms with Gasteiger partial charge in [-0.1, -0.05) is 12.2 Å². The summed E-state index contributed by atoms with van der Waals surface area (Å²) in [6.07, 6.45) is 4.08. The Morgan fingerprint density at radius 1 is 1.17 bits per heavy atom. The van der Waals surface area contributed by atoms with Gasteiger partial charge < -0.3 is 19.5 Å². The van der Waals surface area contributed by atoms with E-state index in [9.17, 15) is 0 Å². The predicted molar refractivity (Wildman–Crippen MR) is 73.3 cm³/mol. The van der Waals surface area contributed by atoms with E-state index in [4.69, 9.17) is 14.2 Å². The Morgan fingerprint density at radius 2 is 2.00 bits per heavy atom. The van der Waals surface area contributed by atoms with Crippen LogP contribution in [0.5, 0.6) is 11.5 Å². The zero-order valence-corrected chi connectivity index (χ0v) is 11.2. The first kappa shape index (κ1) is 14.5. The first-order valence-electron chi connectivity index (χ1n) is 5.90. The molecule has 0 amide bonds. The molecular weight excluding hydrogens is 230 g/mol. The van der Waals surface area contributed by atoms with Crippen LogP contribution in [0.25, 0.3) is 6.08 Å². The molecule has 0 heterocycles. The van der Waals surface area contributed by atoms with Gasteiger partial charge >= 0.3 is 0 Å². The van der Waals surface area contributed by atoms with E-state index in [1.54, 1.807) is 21.3 Å². The zero-order valence-electron chi connectivity index (χ0n) is 11.2. The van der Waals surface area contributed by atoms with E-state index in [0.717, 1.165) is 36.8 Å². The largest absolute Gasteiger partial charge is 0.497 e. The molecule has 0 saturated heterocycles. The van der Waals surface area contributed by atoms with Crippen molar-refractivity contribution in [3.63, 3.8) is 0 Å². The highest BCUT2D eigenvalue weighted by atomic mass is 16.5. The van der Waals surface area contributed by atoms with Crippen LogP contribution in [0.1, 0.15) is 5.56 Å². The second kappa shape index (κ2) is 8.55. The molecule has 0 radical (unpaired) electrons. The quantitative estimate of drug-likeness (QED) is 0.717. The molecule has 0 aromatic heterocycles. The fourth-order valence-corrected chi connectivity index (χ4v) is 1.50. The molecular formula is C14H21NO3. The second-order valence-corrected chi connectivity index (χ2v) is 3.71. The molecule has 1 aromatic rings. The van der Waals surface area contributed by atoms with Crippen LogP contribution >= 0.6 is 0 Å². The van der Waals surface area contributed by atoms with Crippen molar-refractivity contribution in [2.75, 3.05) is 41.0 Å². The van der Waals surface area contributed by atoms with Gasteiger partial charge in [-0.15, -0.1) is 0 Å².